The Kier molecular flexibility index (Phi) is 6.96. The van der Waals surface area contributed by atoms with E-state index in [1.807, 2.05) is 6.07 Å². The van der Waals surface area contributed by atoms with Crippen LogP contribution in [0.1, 0.15) is 17.2 Å². The number of benzene rings is 2. The number of Topliss-reactive ketones (excluding diaryl/α,β-unsaturated/α-hetero) is 1. The molecule has 2 heterocycles. The minimum Gasteiger partial charge on any atom is -0.507 e. The zero-order chi connectivity index (χ0) is 23.4. The maximum absolute atomic E-state index is 13.2. The number of nitrogens with zero attached hydrogens (tertiary/aromatic N) is 2. The van der Waals surface area contributed by atoms with Gasteiger partial charge in [-0.3, -0.25) is 14.5 Å². The van der Waals surface area contributed by atoms with E-state index in [0.29, 0.717) is 48.9 Å². The summed E-state index contributed by atoms with van der Waals surface area (Å²) in [5.41, 5.74) is 1.09. The number of ketones is 1. The monoisotopic (exact) mass is 452 g/mol. The Morgan fingerprint density at radius 2 is 1.73 bits per heavy atom. The van der Waals surface area contributed by atoms with Crippen molar-refractivity contribution < 1.29 is 28.9 Å². The van der Waals surface area contributed by atoms with Crippen molar-refractivity contribution in [1.82, 2.24) is 9.80 Å². The van der Waals surface area contributed by atoms with Crippen molar-refractivity contribution in [3.63, 3.8) is 0 Å². The Labute approximate surface area is 193 Å². The molecule has 1 N–H and O–H groups in total. The molecule has 2 aliphatic heterocycles. The molecule has 0 aromatic heterocycles. The summed E-state index contributed by atoms with van der Waals surface area (Å²) >= 11 is 0. The van der Waals surface area contributed by atoms with Crippen molar-refractivity contribution in [2.45, 2.75) is 6.04 Å². The summed E-state index contributed by atoms with van der Waals surface area (Å²) in [6.45, 7) is 3.72. The molecule has 2 aromatic carbocycles. The Morgan fingerprint density at radius 1 is 1.00 bits per heavy atom. The van der Waals surface area contributed by atoms with E-state index in [1.165, 1.54) is 19.1 Å². The van der Waals surface area contributed by atoms with E-state index in [9.17, 15) is 14.7 Å². The maximum Gasteiger partial charge on any atom is 0.295 e. The number of likely N-dealkylation sites (tertiary alicyclic amines) is 1. The van der Waals surface area contributed by atoms with Crippen LogP contribution in [-0.2, 0) is 14.3 Å². The highest BCUT2D eigenvalue weighted by Gasteiger charge is 2.47. The number of morpholine rings is 1. The number of amides is 1. The van der Waals surface area contributed by atoms with Gasteiger partial charge in [0, 0.05) is 37.3 Å². The molecular weight excluding hydrogens is 424 g/mol. The van der Waals surface area contributed by atoms with Crippen LogP contribution in [0.2, 0.25) is 0 Å². The highest BCUT2D eigenvalue weighted by Crippen LogP contribution is 2.45. The first-order valence-electron chi connectivity index (χ1n) is 10.9. The normalized spacial score (nSPS) is 20.8. The molecule has 2 saturated heterocycles. The highest BCUT2D eigenvalue weighted by atomic mass is 16.5. The van der Waals surface area contributed by atoms with Gasteiger partial charge in [-0.15, -0.1) is 0 Å². The van der Waals surface area contributed by atoms with E-state index in [2.05, 4.69) is 4.90 Å². The lowest BCUT2D eigenvalue weighted by molar-refractivity contribution is -0.140. The second-order valence-electron chi connectivity index (χ2n) is 7.90. The Hall–Kier alpha value is -3.36. The number of carbonyl (C=O) groups excluding carboxylic acids is 2. The third-order valence-corrected chi connectivity index (χ3v) is 6.08. The van der Waals surface area contributed by atoms with Crippen molar-refractivity contribution in [3.05, 3.63) is 65.2 Å². The fourth-order valence-corrected chi connectivity index (χ4v) is 4.39. The van der Waals surface area contributed by atoms with E-state index in [1.54, 1.807) is 42.5 Å². The molecule has 0 saturated carbocycles. The number of aliphatic hydroxyl groups excluding tert-OH is 1. The van der Waals surface area contributed by atoms with E-state index in [0.717, 1.165) is 13.1 Å². The lowest BCUT2D eigenvalue weighted by atomic mass is 9.94. The van der Waals surface area contributed by atoms with Crippen LogP contribution in [0.15, 0.2) is 54.1 Å². The number of ether oxygens (including phenoxy) is 3. The van der Waals surface area contributed by atoms with Crippen molar-refractivity contribution in [1.29, 1.82) is 0 Å². The molecule has 4 rings (SSSR count). The molecule has 2 aliphatic rings. The Balaban J connectivity index is 1.81. The van der Waals surface area contributed by atoms with Gasteiger partial charge in [0.25, 0.3) is 11.7 Å². The minimum absolute atomic E-state index is 0.0414. The van der Waals surface area contributed by atoms with Crippen LogP contribution >= 0.6 is 0 Å². The predicted molar refractivity (Wildman–Crippen MR) is 122 cm³/mol. The average molecular weight is 453 g/mol. The molecule has 0 spiro atoms. The van der Waals surface area contributed by atoms with Crippen molar-refractivity contribution in [2.24, 2.45) is 0 Å². The molecule has 2 fully saturated rings. The molecule has 8 heteroatoms. The molecule has 33 heavy (non-hydrogen) atoms. The van der Waals surface area contributed by atoms with Crippen LogP contribution in [0.3, 0.4) is 0 Å². The zero-order valence-corrected chi connectivity index (χ0v) is 18.8. The first kappa shape index (κ1) is 22.8. The molecule has 1 unspecified atom stereocenters. The quantitative estimate of drug-likeness (QED) is 0.392. The predicted octanol–water partition coefficient (Wildman–Crippen LogP) is 2.46. The molecule has 0 radical (unpaired) electrons. The third-order valence-electron chi connectivity index (χ3n) is 6.08. The molecule has 1 atom stereocenters. The number of methoxy groups -OCH3 is 2. The summed E-state index contributed by atoms with van der Waals surface area (Å²) in [4.78, 5) is 30.1. The average Bonchev–Trinajstić information content (AvgIpc) is 3.12. The van der Waals surface area contributed by atoms with Crippen LogP contribution in [-0.4, -0.2) is 80.2 Å². The molecule has 2 aromatic rings. The van der Waals surface area contributed by atoms with Crippen molar-refractivity contribution in [2.75, 3.05) is 53.6 Å². The van der Waals surface area contributed by atoms with Gasteiger partial charge >= 0.3 is 0 Å². The number of carbonyl (C=O) groups is 2. The fraction of sp³-hybridized carbons (Fsp3) is 0.360. The van der Waals surface area contributed by atoms with Gasteiger partial charge in [0.15, 0.2) is 11.5 Å². The Bertz CT molecular complexity index is 1050. The highest BCUT2D eigenvalue weighted by molar-refractivity contribution is 6.46. The van der Waals surface area contributed by atoms with Crippen LogP contribution in [0.25, 0.3) is 5.76 Å². The van der Waals surface area contributed by atoms with Gasteiger partial charge in [-0.1, -0.05) is 42.5 Å². The first-order valence-corrected chi connectivity index (χ1v) is 10.9. The number of para-hydroxylation sites is 1. The van der Waals surface area contributed by atoms with Crippen LogP contribution in [0.5, 0.6) is 11.5 Å². The number of aliphatic hydroxyl groups is 1. The second kappa shape index (κ2) is 10.1. The number of hydrogen-bond acceptors (Lipinski definition) is 7. The van der Waals surface area contributed by atoms with Gasteiger partial charge < -0.3 is 24.2 Å². The molecule has 8 nitrogen and oxygen atoms in total. The van der Waals surface area contributed by atoms with E-state index in [4.69, 9.17) is 14.2 Å². The molecule has 0 bridgehead atoms. The maximum atomic E-state index is 13.2. The number of rotatable bonds is 7. The first-order chi connectivity index (χ1) is 16.1. The smallest absolute Gasteiger partial charge is 0.295 e. The minimum atomic E-state index is -0.809. The van der Waals surface area contributed by atoms with E-state index < -0.39 is 17.7 Å². The summed E-state index contributed by atoms with van der Waals surface area (Å²) in [6, 6.07) is 13.3. The zero-order valence-electron chi connectivity index (χ0n) is 18.8. The lowest BCUT2D eigenvalue weighted by Gasteiger charge is -2.31. The standard InChI is InChI=1S/C25H28N2O6/c1-31-19-10-6-9-18(24(19)32-2)21-20(22(28)17-7-4-3-5-8-17)23(29)25(30)27(21)12-11-26-13-15-33-16-14-26/h3-10,21,28H,11-16H2,1-2H3/b22-20-. The molecule has 0 aliphatic carbocycles. The third kappa shape index (κ3) is 4.44. The largest absolute Gasteiger partial charge is 0.507 e. The van der Waals surface area contributed by atoms with Gasteiger partial charge in [0.1, 0.15) is 5.76 Å². The summed E-state index contributed by atoms with van der Waals surface area (Å²) in [5.74, 6) is -0.669. The van der Waals surface area contributed by atoms with Crippen LogP contribution < -0.4 is 9.47 Å². The summed E-state index contributed by atoms with van der Waals surface area (Å²) in [7, 11) is 3.04. The lowest BCUT2D eigenvalue weighted by Crippen LogP contribution is -2.42. The summed E-state index contributed by atoms with van der Waals surface area (Å²) in [6.07, 6.45) is 0. The van der Waals surface area contributed by atoms with Gasteiger partial charge in [-0.2, -0.15) is 0 Å². The van der Waals surface area contributed by atoms with Gasteiger partial charge in [0.05, 0.1) is 39.0 Å². The SMILES string of the molecule is COc1cccc(C2/C(=C(/O)c3ccccc3)C(=O)C(=O)N2CCN2CCOCC2)c1OC. The molecule has 1 amide bonds. The fourth-order valence-electron chi connectivity index (χ4n) is 4.39. The van der Waals surface area contributed by atoms with E-state index in [-0.39, 0.29) is 11.3 Å². The topological polar surface area (TPSA) is 88.5 Å². The number of hydrogen-bond donors (Lipinski definition) is 1. The second-order valence-corrected chi connectivity index (χ2v) is 7.90. The molecular formula is C25H28N2O6. The van der Waals surface area contributed by atoms with Crippen molar-refractivity contribution >= 4 is 17.4 Å². The van der Waals surface area contributed by atoms with Gasteiger partial charge in [-0.05, 0) is 6.07 Å². The summed E-state index contributed by atoms with van der Waals surface area (Å²) < 4.78 is 16.5. The van der Waals surface area contributed by atoms with Gasteiger partial charge in [-0.25, -0.2) is 0 Å². The van der Waals surface area contributed by atoms with Crippen LogP contribution in [0.4, 0.5) is 0 Å². The summed E-state index contributed by atoms with van der Waals surface area (Å²) in [5, 5.41) is 11.1. The Morgan fingerprint density at radius 3 is 2.39 bits per heavy atom. The van der Waals surface area contributed by atoms with Crippen LogP contribution in [0, 0.1) is 0 Å². The van der Waals surface area contributed by atoms with Crippen molar-refractivity contribution in [3.8, 4) is 11.5 Å². The molecule has 174 valence electrons. The van der Waals surface area contributed by atoms with Gasteiger partial charge in [0.2, 0.25) is 0 Å². The van der Waals surface area contributed by atoms with E-state index >= 15 is 0 Å².